The van der Waals surface area contributed by atoms with Gasteiger partial charge in [0.25, 0.3) is 0 Å². The van der Waals surface area contributed by atoms with Gasteiger partial charge in [0, 0.05) is 13.6 Å². The Bertz CT molecular complexity index is 521. The van der Waals surface area contributed by atoms with Gasteiger partial charge in [-0.2, -0.15) is 5.10 Å². The molecular weight excluding hydrogens is 264 g/mol. The highest BCUT2D eigenvalue weighted by Crippen LogP contribution is 2.12. The smallest absolute Gasteiger partial charge is 0.164 e. The maximum Gasteiger partial charge on any atom is 0.164 e. The van der Waals surface area contributed by atoms with Crippen LogP contribution in [0.25, 0.3) is 0 Å². The molecule has 5 heteroatoms. The zero-order valence-corrected chi connectivity index (χ0v) is 12.9. The molecule has 0 atom stereocenters. The van der Waals surface area contributed by atoms with Crippen molar-refractivity contribution >= 4 is 0 Å². The van der Waals surface area contributed by atoms with Crippen molar-refractivity contribution in [3.05, 3.63) is 42.0 Å². The van der Waals surface area contributed by atoms with Crippen molar-refractivity contribution in [2.75, 3.05) is 6.61 Å². The number of benzene rings is 1. The maximum atomic E-state index is 5.70. The van der Waals surface area contributed by atoms with Crippen molar-refractivity contribution < 1.29 is 4.74 Å². The Balaban J connectivity index is 1.69. The topological polar surface area (TPSA) is 52.0 Å². The molecule has 1 heterocycles. The van der Waals surface area contributed by atoms with Gasteiger partial charge in [-0.1, -0.05) is 31.9 Å². The number of hydrogen-bond acceptors (Lipinski definition) is 4. The number of nitrogens with one attached hydrogen (secondary N) is 1. The summed E-state index contributed by atoms with van der Waals surface area (Å²) in [5, 5.41) is 7.56. The van der Waals surface area contributed by atoms with Crippen LogP contribution in [0.5, 0.6) is 5.75 Å². The van der Waals surface area contributed by atoms with Crippen LogP contribution in [-0.4, -0.2) is 21.4 Å². The van der Waals surface area contributed by atoms with Crippen LogP contribution in [-0.2, 0) is 20.1 Å². The van der Waals surface area contributed by atoms with E-state index >= 15 is 0 Å². The van der Waals surface area contributed by atoms with Crippen LogP contribution in [0, 0.1) is 0 Å². The fourth-order valence-electron chi connectivity index (χ4n) is 2.03. The fourth-order valence-corrected chi connectivity index (χ4v) is 2.03. The molecule has 0 saturated carbocycles. The van der Waals surface area contributed by atoms with E-state index in [2.05, 4.69) is 34.5 Å². The minimum Gasteiger partial charge on any atom is -0.494 e. The van der Waals surface area contributed by atoms with Gasteiger partial charge in [-0.05, 0) is 24.1 Å². The minimum atomic E-state index is 0.677. The van der Waals surface area contributed by atoms with Crippen molar-refractivity contribution in [1.29, 1.82) is 0 Å². The van der Waals surface area contributed by atoms with Crippen molar-refractivity contribution in [2.24, 2.45) is 7.05 Å². The van der Waals surface area contributed by atoms with E-state index in [4.69, 9.17) is 4.74 Å². The first-order valence-corrected chi connectivity index (χ1v) is 7.55. The molecule has 1 N–H and O–H groups in total. The fraction of sp³-hybridized carbons (Fsp3) is 0.500. The van der Waals surface area contributed by atoms with Gasteiger partial charge in [-0.25, -0.2) is 4.98 Å². The van der Waals surface area contributed by atoms with E-state index in [1.807, 2.05) is 19.2 Å². The minimum absolute atomic E-state index is 0.677. The largest absolute Gasteiger partial charge is 0.494 e. The number of hydrogen-bond donors (Lipinski definition) is 1. The Kier molecular flexibility index (Phi) is 6.22. The Morgan fingerprint density at radius 2 is 1.95 bits per heavy atom. The van der Waals surface area contributed by atoms with Crippen molar-refractivity contribution in [2.45, 2.75) is 39.3 Å². The van der Waals surface area contributed by atoms with Gasteiger partial charge in [0.15, 0.2) is 5.82 Å². The predicted molar refractivity (Wildman–Crippen MR) is 83.0 cm³/mol. The van der Waals surface area contributed by atoms with Gasteiger partial charge in [0.2, 0.25) is 0 Å². The van der Waals surface area contributed by atoms with Gasteiger partial charge < -0.3 is 10.1 Å². The van der Waals surface area contributed by atoms with Crippen molar-refractivity contribution in [3.8, 4) is 5.75 Å². The summed E-state index contributed by atoms with van der Waals surface area (Å²) in [5.41, 5.74) is 1.23. The molecule has 114 valence electrons. The lowest BCUT2D eigenvalue weighted by Crippen LogP contribution is -2.14. The number of aromatic nitrogens is 3. The van der Waals surface area contributed by atoms with Gasteiger partial charge in [0.1, 0.15) is 12.1 Å². The van der Waals surface area contributed by atoms with Gasteiger partial charge in [-0.3, -0.25) is 4.68 Å². The Labute approximate surface area is 126 Å². The second kappa shape index (κ2) is 8.42. The molecule has 0 spiro atoms. The molecule has 0 fully saturated rings. The van der Waals surface area contributed by atoms with Crippen LogP contribution in [0.15, 0.2) is 30.6 Å². The van der Waals surface area contributed by atoms with E-state index in [1.54, 1.807) is 11.0 Å². The monoisotopic (exact) mass is 288 g/mol. The lowest BCUT2D eigenvalue weighted by atomic mass is 10.2. The molecule has 2 rings (SSSR count). The molecule has 0 aliphatic rings. The molecule has 0 amide bonds. The van der Waals surface area contributed by atoms with Gasteiger partial charge in [0.05, 0.1) is 13.2 Å². The second-order valence-corrected chi connectivity index (χ2v) is 5.14. The zero-order valence-electron chi connectivity index (χ0n) is 12.9. The number of nitrogens with zero attached hydrogens (tertiary/aromatic N) is 3. The quantitative estimate of drug-likeness (QED) is 0.721. The number of rotatable bonds is 9. The van der Waals surface area contributed by atoms with E-state index < -0.39 is 0 Å². The molecule has 1 aromatic heterocycles. The summed E-state index contributed by atoms with van der Waals surface area (Å²) < 4.78 is 7.41. The maximum absolute atomic E-state index is 5.70. The summed E-state index contributed by atoms with van der Waals surface area (Å²) in [7, 11) is 1.87. The summed E-state index contributed by atoms with van der Waals surface area (Å²) in [4.78, 5) is 4.18. The highest BCUT2D eigenvalue weighted by Gasteiger charge is 1.99. The van der Waals surface area contributed by atoms with Crippen LogP contribution < -0.4 is 10.1 Å². The van der Waals surface area contributed by atoms with Crippen LogP contribution in [0.4, 0.5) is 0 Å². The van der Waals surface area contributed by atoms with Gasteiger partial charge >= 0.3 is 0 Å². The highest BCUT2D eigenvalue weighted by molar-refractivity contribution is 5.27. The summed E-state index contributed by atoms with van der Waals surface area (Å²) in [5.74, 6) is 1.76. The Hall–Kier alpha value is -1.88. The average molecular weight is 288 g/mol. The Morgan fingerprint density at radius 3 is 2.62 bits per heavy atom. The van der Waals surface area contributed by atoms with Gasteiger partial charge in [-0.15, -0.1) is 0 Å². The van der Waals surface area contributed by atoms with Crippen molar-refractivity contribution in [3.63, 3.8) is 0 Å². The number of ether oxygens (including phenoxy) is 1. The van der Waals surface area contributed by atoms with Crippen molar-refractivity contribution in [1.82, 2.24) is 20.1 Å². The summed E-state index contributed by atoms with van der Waals surface area (Å²) >= 11 is 0. The normalized spacial score (nSPS) is 10.8. The molecule has 1 aromatic carbocycles. The first kappa shape index (κ1) is 15.5. The van der Waals surface area contributed by atoms with Crippen LogP contribution in [0.2, 0.25) is 0 Å². The molecule has 0 bridgehead atoms. The first-order valence-electron chi connectivity index (χ1n) is 7.55. The van der Waals surface area contributed by atoms with E-state index in [0.717, 1.165) is 31.1 Å². The van der Waals surface area contributed by atoms with Crippen LogP contribution >= 0.6 is 0 Å². The van der Waals surface area contributed by atoms with E-state index in [1.165, 1.54) is 18.4 Å². The second-order valence-electron chi connectivity index (χ2n) is 5.14. The SMILES string of the molecule is CCCCCOc1ccc(CNCc2ncn(C)n2)cc1. The van der Waals surface area contributed by atoms with E-state index in [0.29, 0.717) is 6.54 Å². The van der Waals surface area contributed by atoms with Crippen LogP contribution in [0.3, 0.4) is 0 Å². The third-order valence-electron chi connectivity index (χ3n) is 3.20. The zero-order chi connectivity index (χ0) is 14.9. The van der Waals surface area contributed by atoms with E-state index in [9.17, 15) is 0 Å². The molecule has 0 aliphatic carbocycles. The molecule has 0 saturated heterocycles. The molecule has 0 aliphatic heterocycles. The lowest BCUT2D eigenvalue weighted by molar-refractivity contribution is 0.306. The molecule has 2 aromatic rings. The summed E-state index contributed by atoms with van der Waals surface area (Å²) in [6.07, 6.45) is 5.28. The first-order chi connectivity index (χ1) is 10.3. The summed E-state index contributed by atoms with van der Waals surface area (Å²) in [6, 6.07) is 8.24. The molecule has 0 radical (unpaired) electrons. The number of unbranched alkanes of at least 4 members (excludes halogenated alkanes) is 2. The van der Waals surface area contributed by atoms with Crippen LogP contribution in [0.1, 0.15) is 37.6 Å². The Morgan fingerprint density at radius 1 is 1.14 bits per heavy atom. The van der Waals surface area contributed by atoms with E-state index in [-0.39, 0.29) is 0 Å². The molecule has 5 nitrogen and oxygen atoms in total. The molecular formula is C16H24N4O. The highest BCUT2D eigenvalue weighted by atomic mass is 16.5. The predicted octanol–water partition coefficient (Wildman–Crippen LogP) is 2.67. The number of aryl methyl sites for hydroxylation is 1. The molecule has 0 unspecified atom stereocenters. The molecule has 21 heavy (non-hydrogen) atoms. The standard InChI is InChI=1S/C16H24N4O/c1-3-4-5-10-21-15-8-6-14(7-9-15)11-17-12-16-18-13-20(2)19-16/h6-9,13,17H,3-5,10-12H2,1-2H3. The third-order valence-corrected chi connectivity index (χ3v) is 3.20. The average Bonchev–Trinajstić information content (AvgIpc) is 2.91. The summed E-state index contributed by atoms with van der Waals surface area (Å²) in [6.45, 7) is 4.48. The lowest BCUT2D eigenvalue weighted by Gasteiger charge is -2.07. The third kappa shape index (κ3) is 5.55.